The van der Waals surface area contributed by atoms with E-state index in [9.17, 15) is 19.5 Å². The zero-order valence-electron chi connectivity index (χ0n) is 21.7. The zero-order valence-corrected chi connectivity index (χ0v) is 21.7. The Morgan fingerprint density at radius 1 is 1.19 bits per heavy atom. The molecule has 2 aliphatic carbocycles. The van der Waals surface area contributed by atoms with Gasteiger partial charge in [-0.25, -0.2) is 4.79 Å². The van der Waals surface area contributed by atoms with E-state index in [0.717, 1.165) is 38.5 Å². The third kappa shape index (κ3) is 6.30. The second-order valence-corrected chi connectivity index (χ2v) is 10.8. The Morgan fingerprint density at radius 3 is 2.58 bits per heavy atom. The third-order valence-corrected chi connectivity index (χ3v) is 7.61. The number of carbonyl (C=O) groups excluding carboxylic acids is 3. The maximum absolute atomic E-state index is 13.5. The van der Waals surface area contributed by atoms with Gasteiger partial charge in [-0.2, -0.15) is 0 Å². The lowest BCUT2D eigenvalue weighted by Crippen LogP contribution is -2.52. The molecular formula is C27H40N4O5. The number of nitrogens with zero attached hydrogens (tertiary/aromatic N) is 2. The van der Waals surface area contributed by atoms with E-state index in [-0.39, 0.29) is 54.5 Å². The fourth-order valence-electron chi connectivity index (χ4n) is 4.99. The summed E-state index contributed by atoms with van der Waals surface area (Å²) in [6.45, 7) is 4.37. The molecule has 9 nitrogen and oxygen atoms in total. The molecule has 2 saturated carbocycles. The van der Waals surface area contributed by atoms with Crippen molar-refractivity contribution in [2.45, 2.75) is 77.0 Å². The highest BCUT2D eigenvalue weighted by molar-refractivity contribution is 6.00. The number of fused-ring (bicyclic) bond motifs is 1. The van der Waals surface area contributed by atoms with Gasteiger partial charge in [-0.05, 0) is 50.8 Å². The van der Waals surface area contributed by atoms with Gasteiger partial charge in [-0.1, -0.05) is 26.2 Å². The Morgan fingerprint density at radius 2 is 1.92 bits per heavy atom. The zero-order chi connectivity index (χ0) is 25.8. The molecule has 0 radical (unpaired) electrons. The summed E-state index contributed by atoms with van der Waals surface area (Å²) in [6.07, 6.45) is 6.96. The van der Waals surface area contributed by atoms with Crippen LogP contribution in [0.3, 0.4) is 0 Å². The molecule has 1 aromatic carbocycles. The molecule has 4 rings (SSSR count). The van der Waals surface area contributed by atoms with Gasteiger partial charge in [0.2, 0.25) is 5.91 Å². The molecule has 0 bridgehead atoms. The molecule has 3 atom stereocenters. The summed E-state index contributed by atoms with van der Waals surface area (Å²) in [5, 5.41) is 15.9. The third-order valence-electron chi connectivity index (χ3n) is 7.61. The molecule has 1 heterocycles. The first kappa shape index (κ1) is 26.3. The largest absolute Gasteiger partial charge is 0.487 e. The Balaban J connectivity index is 1.53. The van der Waals surface area contributed by atoms with Crippen LogP contribution in [0.4, 0.5) is 10.5 Å². The van der Waals surface area contributed by atoms with Gasteiger partial charge in [0.05, 0.1) is 24.8 Å². The van der Waals surface area contributed by atoms with Crippen molar-refractivity contribution in [3.05, 3.63) is 23.8 Å². The molecule has 1 aromatic rings. The number of likely N-dealkylation sites (N-methyl/N-ethyl adjacent to an activating group) is 1. The molecule has 9 heteroatoms. The first-order valence-electron chi connectivity index (χ1n) is 13.3. The van der Waals surface area contributed by atoms with Crippen molar-refractivity contribution in [1.82, 2.24) is 15.1 Å². The maximum atomic E-state index is 13.5. The fourth-order valence-corrected chi connectivity index (χ4v) is 4.99. The number of rotatable bonds is 7. The number of aliphatic hydroxyl groups excluding tert-OH is 1. The molecule has 0 aromatic heterocycles. The highest BCUT2D eigenvalue weighted by Gasteiger charge is 2.35. The lowest BCUT2D eigenvalue weighted by molar-refractivity contribution is -0.117. The molecule has 0 spiro atoms. The van der Waals surface area contributed by atoms with Crippen LogP contribution in [0.1, 0.15) is 69.2 Å². The first-order valence-corrected chi connectivity index (χ1v) is 13.3. The smallest absolute Gasteiger partial charge is 0.317 e. The van der Waals surface area contributed by atoms with Crippen molar-refractivity contribution in [3.8, 4) is 5.75 Å². The molecule has 3 aliphatic rings. The Bertz CT molecular complexity index is 959. The standard InChI is InChI=1S/C27H40N4O5/c1-17-14-31(18(2)16-32)26(34)22-13-21(28-25(33)19-9-10-19)11-12-23(22)36-24(17)15-30(3)27(35)29-20-7-5-4-6-8-20/h11-13,17-20,24,32H,4-10,14-16H2,1-3H3,(H,28,33)(H,29,35)/t17-,18-,24+/m1/s1. The maximum Gasteiger partial charge on any atom is 0.317 e. The molecule has 0 unspecified atom stereocenters. The summed E-state index contributed by atoms with van der Waals surface area (Å²) in [5.41, 5.74) is 0.892. The molecule has 3 N–H and O–H groups in total. The van der Waals surface area contributed by atoms with E-state index in [0.29, 0.717) is 30.1 Å². The van der Waals surface area contributed by atoms with Gasteiger partial charge in [-0.15, -0.1) is 0 Å². The summed E-state index contributed by atoms with van der Waals surface area (Å²) >= 11 is 0. The van der Waals surface area contributed by atoms with E-state index in [1.54, 1.807) is 35.0 Å². The second kappa shape index (κ2) is 11.5. The summed E-state index contributed by atoms with van der Waals surface area (Å²) in [7, 11) is 1.77. The van der Waals surface area contributed by atoms with Gasteiger partial charge in [0.15, 0.2) is 0 Å². The molecule has 2 fully saturated rings. The number of urea groups is 1. The van der Waals surface area contributed by atoms with Crippen LogP contribution in [0.5, 0.6) is 5.75 Å². The average molecular weight is 501 g/mol. The van der Waals surface area contributed by atoms with E-state index in [4.69, 9.17) is 4.74 Å². The summed E-state index contributed by atoms with van der Waals surface area (Å²) in [6, 6.07) is 4.83. The predicted molar refractivity (Wildman–Crippen MR) is 137 cm³/mol. The van der Waals surface area contributed by atoms with Crippen molar-refractivity contribution in [2.75, 3.05) is 32.1 Å². The van der Waals surface area contributed by atoms with Crippen molar-refractivity contribution >= 4 is 23.5 Å². The van der Waals surface area contributed by atoms with Gasteiger partial charge < -0.3 is 30.3 Å². The van der Waals surface area contributed by atoms with E-state index >= 15 is 0 Å². The topological polar surface area (TPSA) is 111 Å². The molecule has 4 amide bonds. The number of hydrogen-bond donors (Lipinski definition) is 3. The summed E-state index contributed by atoms with van der Waals surface area (Å²) in [4.78, 5) is 42.0. The number of amides is 4. The highest BCUT2D eigenvalue weighted by atomic mass is 16.5. The van der Waals surface area contributed by atoms with E-state index in [1.807, 2.05) is 13.8 Å². The number of hydrogen-bond acceptors (Lipinski definition) is 5. The van der Waals surface area contributed by atoms with Crippen molar-refractivity contribution in [3.63, 3.8) is 0 Å². The lowest BCUT2D eigenvalue weighted by Gasteiger charge is -2.38. The number of ether oxygens (including phenoxy) is 1. The van der Waals surface area contributed by atoms with Crippen molar-refractivity contribution < 1.29 is 24.2 Å². The molecule has 198 valence electrons. The number of nitrogens with one attached hydrogen (secondary N) is 2. The van der Waals surface area contributed by atoms with Gasteiger partial charge in [0, 0.05) is 37.2 Å². The molecule has 0 saturated heterocycles. The van der Waals surface area contributed by atoms with Crippen LogP contribution in [-0.4, -0.2) is 77.7 Å². The first-order chi connectivity index (χ1) is 17.3. The molecule has 36 heavy (non-hydrogen) atoms. The van der Waals surface area contributed by atoms with Crippen molar-refractivity contribution in [1.29, 1.82) is 0 Å². The van der Waals surface area contributed by atoms with Gasteiger partial charge in [-0.3, -0.25) is 9.59 Å². The van der Waals surface area contributed by atoms with Crippen LogP contribution in [0.2, 0.25) is 0 Å². The quantitative estimate of drug-likeness (QED) is 0.532. The Hall–Kier alpha value is -2.81. The van der Waals surface area contributed by atoms with Crippen LogP contribution in [0, 0.1) is 11.8 Å². The lowest BCUT2D eigenvalue weighted by atomic mass is 9.96. The number of aliphatic hydroxyl groups is 1. The van der Waals surface area contributed by atoms with E-state index in [2.05, 4.69) is 10.6 Å². The van der Waals surface area contributed by atoms with Crippen LogP contribution in [-0.2, 0) is 4.79 Å². The van der Waals surface area contributed by atoms with Gasteiger partial charge in [0.1, 0.15) is 11.9 Å². The van der Waals surface area contributed by atoms with E-state index < -0.39 is 0 Å². The van der Waals surface area contributed by atoms with Crippen LogP contribution in [0.15, 0.2) is 18.2 Å². The normalized spacial score (nSPS) is 23.6. The number of carbonyl (C=O) groups is 3. The fraction of sp³-hybridized carbons (Fsp3) is 0.667. The minimum absolute atomic E-state index is 0.0353. The molecule has 1 aliphatic heterocycles. The minimum Gasteiger partial charge on any atom is -0.487 e. The number of anilines is 1. The molecular weight excluding hydrogens is 460 g/mol. The summed E-state index contributed by atoms with van der Waals surface area (Å²) < 4.78 is 6.37. The van der Waals surface area contributed by atoms with Gasteiger partial charge in [0.25, 0.3) is 5.91 Å². The van der Waals surface area contributed by atoms with E-state index in [1.165, 1.54) is 6.42 Å². The van der Waals surface area contributed by atoms with Crippen molar-refractivity contribution in [2.24, 2.45) is 11.8 Å². The monoisotopic (exact) mass is 500 g/mol. The Kier molecular flexibility index (Phi) is 8.39. The minimum atomic E-state index is -0.386. The Labute approximate surface area is 213 Å². The van der Waals surface area contributed by atoms with Crippen LogP contribution >= 0.6 is 0 Å². The average Bonchev–Trinajstić information content (AvgIpc) is 3.72. The predicted octanol–water partition coefficient (Wildman–Crippen LogP) is 3.23. The van der Waals surface area contributed by atoms with Crippen LogP contribution in [0.25, 0.3) is 0 Å². The van der Waals surface area contributed by atoms with Crippen LogP contribution < -0.4 is 15.4 Å². The summed E-state index contributed by atoms with van der Waals surface area (Å²) in [5.74, 6) is 0.0903. The van der Waals surface area contributed by atoms with Gasteiger partial charge >= 0.3 is 6.03 Å². The SMILES string of the molecule is C[C@@H]1CN([C@H](C)CO)C(=O)c2cc(NC(=O)C3CC3)ccc2O[C@H]1CN(C)C(=O)NC1CCCCC1. The second-order valence-electron chi connectivity index (χ2n) is 10.8. The number of benzene rings is 1. The highest BCUT2D eigenvalue weighted by Crippen LogP contribution is 2.33.